The maximum absolute atomic E-state index is 13.5. The van der Waals surface area contributed by atoms with E-state index in [1.54, 1.807) is 30.3 Å². The molecule has 0 spiro atoms. The van der Waals surface area contributed by atoms with E-state index in [1.165, 1.54) is 36.4 Å². The highest BCUT2D eigenvalue weighted by molar-refractivity contribution is 7.89. The fourth-order valence-electron chi connectivity index (χ4n) is 3.45. The standard InChI is InChI=1S/C23H20FN3O4S/c24-17-7-4-8-18(14-17)25-23(29)22(15-5-2-1-3-6-15)27-32(30,31)19-10-11-20-16(13-19)9-12-21(28)26-20/h1-8,10-11,13-14,22,27H,9,12H2,(H,25,29)(H,26,28)/t22-/m0/s1. The molecule has 3 aromatic carbocycles. The highest BCUT2D eigenvalue weighted by Crippen LogP contribution is 2.27. The van der Waals surface area contributed by atoms with Crippen LogP contribution in [0.4, 0.5) is 15.8 Å². The lowest BCUT2D eigenvalue weighted by atomic mass is 10.0. The average molecular weight is 453 g/mol. The third-order valence-electron chi connectivity index (χ3n) is 5.04. The third kappa shape index (κ3) is 4.84. The van der Waals surface area contributed by atoms with Crippen LogP contribution in [0.1, 0.15) is 23.6 Å². The molecule has 0 fully saturated rings. The monoisotopic (exact) mass is 453 g/mol. The average Bonchev–Trinajstić information content (AvgIpc) is 2.77. The molecule has 0 bridgehead atoms. The second-order valence-electron chi connectivity index (χ2n) is 7.33. The molecule has 1 aliphatic rings. The van der Waals surface area contributed by atoms with Gasteiger partial charge in [0.25, 0.3) is 0 Å². The van der Waals surface area contributed by atoms with Crippen LogP contribution in [0.25, 0.3) is 0 Å². The summed E-state index contributed by atoms with van der Waals surface area (Å²) in [5.41, 5.74) is 1.91. The largest absolute Gasteiger partial charge is 0.326 e. The summed E-state index contributed by atoms with van der Waals surface area (Å²) in [5.74, 6) is -1.30. The van der Waals surface area contributed by atoms with E-state index in [1.807, 2.05) is 0 Å². The van der Waals surface area contributed by atoms with Crippen LogP contribution < -0.4 is 15.4 Å². The Bertz CT molecular complexity index is 1280. The highest BCUT2D eigenvalue weighted by Gasteiger charge is 2.28. The van der Waals surface area contributed by atoms with Crippen LogP contribution in [0.5, 0.6) is 0 Å². The van der Waals surface area contributed by atoms with Crippen molar-refractivity contribution in [2.24, 2.45) is 0 Å². The van der Waals surface area contributed by atoms with Crippen LogP contribution in [0.15, 0.2) is 77.7 Å². The topological polar surface area (TPSA) is 104 Å². The van der Waals surface area contributed by atoms with E-state index in [9.17, 15) is 22.4 Å². The summed E-state index contributed by atoms with van der Waals surface area (Å²) in [4.78, 5) is 24.5. The number of carbonyl (C=O) groups is 2. The molecule has 4 rings (SSSR count). The van der Waals surface area contributed by atoms with Gasteiger partial charge < -0.3 is 10.6 Å². The number of nitrogens with one attached hydrogen (secondary N) is 3. The highest BCUT2D eigenvalue weighted by atomic mass is 32.2. The Labute approximate surface area is 184 Å². The summed E-state index contributed by atoms with van der Waals surface area (Å²) < 4.78 is 42.2. The first kappa shape index (κ1) is 21.7. The first-order valence-electron chi connectivity index (χ1n) is 9.88. The second-order valence-corrected chi connectivity index (χ2v) is 9.05. The molecule has 0 unspecified atom stereocenters. The summed E-state index contributed by atoms with van der Waals surface area (Å²) >= 11 is 0. The molecule has 2 amide bonds. The zero-order chi connectivity index (χ0) is 22.7. The van der Waals surface area contributed by atoms with Crippen LogP contribution in [0.3, 0.4) is 0 Å². The lowest BCUT2D eigenvalue weighted by Gasteiger charge is -2.21. The van der Waals surface area contributed by atoms with Gasteiger partial charge in [-0.25, -0.2) is 12.8 Å². The molecule has 1 aliphatic heterocycles. The molecular formula is C23H20FN3O4S. The van der Waals surface area contributed by atoms with Gasteiger partial charge in [0.2, 0.25) is 21.8 Å². The molecule has 3 aromatic rings. The molecule has 9 heteroatoms. The van der Waals surface area contributed by atoms with Crippen molar-refractivity contribution >= 4 is 33.2 Å². The number of benzene rings is 3. The number of sulfonamides is 1. The zero-order valence-corrected chi connectivity index (χ0v) is 17.7. The number of fused-ring (bicyclic) bond motifs is 1. The summed E-state index contributed by atoms with van der Waals surface area (Å²) in [6, 6.07) is 16.9. The van der Waals surface area contributed by atoms with E-state index in [0.29, 0.717) is 23.2 Å². The summed E-state index contributed by atoms with van der Waals surface area (Å²) in [6.07, 6.45) is 0.694. The number of hydrogen-bond donors (Lipinski definition) is 3. The summed E-state index contributed by atoms with van der Waals surface area (Å²) in [6.45, 7) is 0. The number of anilines is 2. The Morgan fingerprint density at radius 2 is 1.75 bits per heavy atom. The molecule has 0 saturated heterocycles. The van der Waals surface area contributed by atoms with E-state index in [-0.39, 0.29) is 22.9 Å². The number of carbonyl (C=O) groups excluding carboxylic acids is 2. The van der Waals surface area contributed by atoms with Gasteiger partial charge in [-0.1, -0.05) is 36.4 Å². The molecule has 3 N–H and O–H groups in total. The lowest BCUT2D eigenvalue weighted by Crippen LogP contribution is -2.37. The van der Waals surface area contributed by atoms with Crippen molar-refractivity contribution in [3.63, 3.8) is 0 Å². The Kier molecular flexibility index (Phi) is 6.02. The SMILES string of the molecule is O=C1CCc2cc(S(=O)(=O)N[C@H](C(=O)Nc3cccc(F)c3)c3ccccc3)ccc2N1. The van der Waals surface area contributed by atoms with Crippen LogP contribution >= 0.6 is 0 Å². The van der Waals surface area contributed by atoms with Crippen molar-refractivity contribution in [3.8, 4) is 0 Å². The minimum Gasteiger partial charge on any atom is -0.326 e. The molecule has 164 valence electrons. The molecule has 7 nitrogen and oxygen atoms in total. The van der Waals surface area contributed by atoms with Gasteiger partial charge in [-0.15, -0.1) is 0 Å². The quantitative estimate of drug-likeness (QED) is 0.532. The fourth-order valence-corrected chi connectivity index (χ4v) is 4.68. The molecule has 0 radical (unpaired) electrons. The van der Waals surface area contributed by atoms with Crippen molar-refractivity contribution in [3.05, 3.63) is 89.7 Å². The van der Waals surface area contributed by atoms with Gasteiger partial charge in [-0.05, 0) is 53.9 Å². The maximum atomic E-state index is 13.5. The zero-order valence-electron chi connectivity index (χ0n) is 16.8. The molecule has 32 heavy (non-hydrogen) atoms. The van der Waals surface area contributed by atoms with Gasteiger partial charge in [0, 0.05) is 17.8 Å². The summed E-state index contributed by atoms with van der Waals surface area (Å²) in [7, 11) is -4.10. The smallest absolute Gasteiger partial charge is 0.247 e. The molecule has 0 aliphatic carbocycles. The van der Waals surface area contributed by atoms with Gasteiger partial charge in [-0.3, -0.25) is 9.59 Å². The van der Waals surface area contributed by atoms with Crippen LogP contribution in [-0.4, -0.2) is 20.2 Å². The van der Waals surface area contributed by atoms with Crippen molar-refractivity contribution in [2.45, 2.75) is 23.8 Å². The van der Waals surface area contributed by atoms with Gasteiger partial charge in [0.05, 0.1) is 4.90 Å². The minimum atomic E-state index is -4.10. The number of rotatable bonds is 6. The van der Waals surface area contributed by atoms with Crippen LogP contribution in [0.2, 0.25) is 0 Å². The van der Waals surface area contributed by atoms with Gasteiger partial charge in [0.1, 0.15) is 11.9 Å². The predicted molar refractivity (Wildman–Crippen MR) is 118 cm³/mol. The Hall–Kier alpha value is -3.56. The van der Waals surface area contributed by atoms with Crippen molar-refractivity contribution in [2.75, 3.05) is 10.6 Å². The second kappa shape index (κ2) is 8.89. The normalized spacial score (nSPS) is 14.2. The van der Waals surface area contributed by atoms with Gasteiger partial charge >= 0.3 is 0 Å². The lowest BCUT2D eigenvalue weighted by molar-refractivity contribution is -0.118. The summed E-state index contributed by atoms with van der Waals surface area (Å²) in [5, 5.41) is 5.26. The Morgan fingerprint density at radius 1 is 0.969 bits per heavy atom. The van der Waals surface area contributed by atoms with Gasteiger partial charge in [0.15, 0.2) is 0 Å². The number of halogens is 1. The number of aryl methyl sites for hydroxylation is 1. The minimum absolute atomic E-state index is 0.0214. The Balaban J connectivity index is 1.63. The van der Waals surface area contributed by atoms with E-state index in [0.717, 1.165) is 6.07 Å². The van der Waals surface area contributed by atoms with Crippen molar-refractivity contribution in [1.82, 2.24) is 4.72 Å². The van der Waals surface area contributed by atoms with E-state index in [2.05, 4.69) is 15.4 Å². The number of hydrogen-bond acceptors (Lipinski definition) is 4. The molecule has 0 saturated carbocycles. The van der Waals surface area contributed by atoms with Crippen molar-refractivity contribution in [1.29, 1.82) is 0 Å². The van der Waals surface area contributed by atoms with E-state index >= 15 is 0 Å². The van der Waals surface area contributed by atoms with Gasteiger partial charge in [-0.2, -0.15) is 4.72 Å². The molecule has 1 heterocycles. The molecular weight excluding hydrogens is 433 g/mol. The third-order valence-corrected chi connectivity index (χ3v) is 6.46. The van der Waals surface area contributed by atoms with Crippen molar-refractivity contribution < 1.29 is 22.4 Å². The van der Waals surface area contributed by atoms with E-state index < -0.39 is 27.8 Å². The number of amides is 2. The molecule has 0 aromatic heterocycles. The van der Waals surface area contributed by atoms with Crippen LogP contribution in [0, 0.1) is 5.82 Å². The van der Waals surface area contributed by atoms with E-state index in [4.69, 9.17) is 0 Å². The first-order valence-corrected chi connectivity index (χ1v) is 11.4. The first-order chi connectivity index (χ1) is 15.3. The maximum Gasteiger partial charge on any atom is 0.247 e. The van der Waals surface area contributed by atoms with Crippen LogP contribution in [-0.2, 0) is 26.0 Å². The Morgan fingerprint density at radius 3 is 2.50 bits per heavy atom. The molecule has 1 atom stereocenters. The fraction of sp³-hybridized carbons (Fsp3) is 0.130. The predicted octanol–water partition coefficient (Wildman–Crippen LogP) is 3.37.